The molecule has 0 radical (unpaired) electrons. The van der Waals surface area contributed by atoms with Gasteiger partial charge in [-0.25, -0.2) is 0 Å². The SMILES string of the molecule is CC(C)C12CNC(C1)C2. The summed E-state index contributed by atoms with van der Waals surface area (Å²) in [5.74, 6) is 0.892. The van der Waals surface area contributed by atoms with E-state index in [2.05, 4.69) is 19.2 Å². The van der Waals surface area contributed by atoms with Crippen LogP contribution in [-0.2, 0) is 0 Å². The number of hydrogen-bond acceptors (Lipinski definition) is 1. The van der Waals surface area contributed by atoms with Crippen molar-refractivity contribution in [3.8, 4) is 0 Å². The van der Waals surface area contributed by atoms with Crippen molar-refractivity contribution in [3.05, 3.63) is 0 Å². The Labute approximate surface area is 56.8 Å². The van der Waals surface area contributed by atoms with Crippen LogP contribution in [0.1, 0.15) is 26.7 Å². The summed E-state index contributed by atoms with van der Waals surface area (Å²) in [5.41, 5.74) is 0.727. The fraction of sp³-hybridized carbons (Fsp3) is 1.00. The van der Waals surface area contributed by atoms with Crippen molar-refractivity contribution in [2.45, 2.75) is 32.7 Å². The molecular formula is C8H15N. The van der Waals surface area contributed by atoms with E-state index in [-0.39, 0.29) is 0 Å². The van der Waals surface area contributed by atoms with E-state index in [1.807, 2.05) is 0 Å². The molecule has 0 aromatic heterocycles. The first-order valence-electron chi connectivity index (χ1n) is 3.96. The predicted molar refractivity (Wildman–Crippen MR) is 38.3 cm³/mol. The first-order chi connectivity index (χ1) is 4.23. The molecule has 3 rings (SSSR count). The van der Waals surface area contributed by atoms with Crippen molar-refractivity contribution in [2.24, 2.45) is 11.3 Å². The summed E-state index contributed by atoms with van der Waals surface area (Å²) < 4.78 is 0. The largest absolute Gasteiger partial charge is 0.313 e. The van der Waals surface area contributed by atoms with Gasteiger partial charge in [-0.05, 0) is 24.2 Å². The zero-order chi connectivity index (χ0) is 6.48. The van der Waals surface area contributed by atoms with Gasteiger partial charge in [0.05, 0.1) is 0 Å². The van der Waals surface area contributed by atoms with Gasteiger partial charge >= 0.3 is 0 Å². The Kier molecular flexibility index (Phi) is 0.963. The lowest BCUT2D eigenvalue weighted by Crippen LogP contribution is -2.37. The van der Waals surface area contributed by atoms with Gasteiger partial charge in [0.25, 0.3) is 0 Å². The molecule has 1 N–H and O–H groups in total. The zero-order valence-corrected chi connectivity index (χ0v) is 6.28. The standard InChI is InChI=1S/C8H15N/c1-6(2)8-3-7(4-8)9-5-8/h6-7,9H,3-5H2,1-2H3. The molecule has 0 atom stereocenters. The minimum absolute atomic E-state index is 0.727. The Morgan fingerprint density at radius 2 is 2.11 bits per heavy atom. The molecule has 2 saturated heterocycles. The topological polar surface area (TPSA) is 12.0 Å². The summed E-state index contributed by atoms with van der Waals surface area (Å²) in [6, 6.07) is 0.896. The molecule has 0 spiro atoms. The summed E-state index contributed by atoms with van der Waals surface area (Å²) in [6.45, 7) is 5.99. The van der Waals surface area contributed by atoms with Crippen molar-refractivity contribution in [2.75, 3.05) is 6.54 Å². The maximum absolute atomic E-state index is 3.52. The Balaban J connectivity index is 2.10. The smallest absolute Gasteiger partial charge is 0.00790 e. The van der Waals surface area contributed by atoms with E-state index in [0.29, 0.717) is 0 Å². The van der Waals surface area contributed by atoms with Crippen LogP contribution in [0.5, 0.6) is 0 Å². The lowest BCUT2D eigenvalue weighted by Gasteiger charge is -2.40. The average Bonchev–Trinajstić information content (AvgIpc) is 2.13. The molecule has 2 bridgehead atoms. The lowest BCUT2D eigenvalue weighted by molar-refractivity contribution is 0.125. The fourth-order valence-electron chi connectivity index (χ4n) is 2.23. The Morgan fingerprint density at radius 1 is 1.44 bits per heavy atom. The van der Waals surface area contributed by atoms with Gasteiger partial charge in [-0.1, -0.05) is 13.8 Å². The number of rotatable bonds is 1. The van der Waals surface area contributed by atoms with E-state index >= 15 is 0 Å². The molecule has 1 heteroatoms. The highest BCUT2D eigenvalue weighted by Crippen LogP contribution is 2.51. The van der Waals surface area contributed by atoms with Crippen LogP contribution in [0, 0.1) is 11.3 Å². The minimum Gasteiger partial charge on any atom is -0.313 e. The molecule has 52 valence electrons. The third kappa shape index (κ3) is 0.586. The highest BCUT2D eigenvalue weighted by atomic mass is 15.0. The molecule has 3 fully saturated rings. The van der Waals surface area contributed by atoms with Crippen LogP contribution in [0.4, 0.5) is 0 Å². The maximum Gasteiger partial charge on any atom is 0.00790 e. The molecule has 9 heavy (non-hydrogen) atoms. The van der Waals surface area contributed by atoms with E-state index in [0.717, 1.165) is 17.4 Å². The zero-order valence-electron chi connectivity index (χ0n) is 6.28. The van der Waals surface area contributed by atoms with Gasteiger partial charge in [0.1, 0.15) is 0 Å². The first-order valence-corrected chi connectivity index (χ1v) is 3.96. The summed E-state index contributed by atoms with van der Waals surface area (Å²) in [4.78, 5) is 0. The van der Waals surface area contributed by atoms with Gasteiger partial charge < -0.3 is 5.32 Å². The fourth-order valence-corrected chi connectivity index (χ4v) is 2.23. The van der Waals surface area contributed by atoms with E-state index in [4.69, 9.17) is 0 Å². The summed E-state index contributed by atoms with van der Waals surface area (Å²) in [7, 11) is 0. The van der Waals surface area contributed by atoms with Crippen molar-refractivity contribution < 1.29 is 0 Å². The summed E-state index contributed by atoms with van der Waals surface area (Å²) in [6.07, 6.45) is 2.90. The summed E-state index contributed by atoms with van der Waals surface area (Å²) >= 11 is 0. The highest BCUT2D eigenvalue weighted by molar-refractivity contribution is 5.07. The second-order valence-electron chi connectivity index (χ2n) is 4.00. The molecule has 0 aromatic carbocycles. The van der Waals surface area contributed by atoms with Crippen molar-refractivity contribution in [1.29, 1.82) is 0 Å². The molecule has 3 aliphatic rings. The van der Waals surface area contributed by atoms with Crippen LogP contribution in [-0.4, -0.2) is 12.6 Å². The van der Waals surface area contributed by atoms with Crippen LogP contribution in [0.3, 0.4) is 0 Å². The molecule has 2 heterocycles. The molecule has 0 unspecified atom stereocenters. The third-order valence-electron chi connectivity index (χ3n) is 3.27. The molecule has 1 nitrogen and oxygen atoms in total. The Bertz CT molecular complexity index is 117. The Hall–Kier alpha value is -0.0400. The highest BCUT2D eigenvalue weighted by Gasteiger charge is 2.51. The van der Waals surface area contributed by atoms with Gasteiger partial charge in [0.15, 0.2) is 0 Å². The Morgan fingerprint density at radius 3 is 2.33 bits per heavy atom. The van der Waals surface area contributed by atoms with Gasteiger partial charge in [0, 0.05) is 12.6 Å². The summed E-state index contributed by atoms with van der Waals surface area (Å²) in [5, 5.41) is 3.52. The first kappa shape index (κ1) is 5.72. The monoisotopic (exact) mass is 125 g/mol. The van der Waals surface area contributed by atoms with Crippen LogP contribution in [0.15, 0.2) is 0 Å². The van der Waals surface area contributed by atoms with Gasteiger partial charge in [-0.3, -0.25) is 0 Å². The van der Waals surface area contributed by atoms with E-state index in [1.165, 1.54) is 19.4 Å². The van der Waals surface area contributed by atoms with Crippen molar-refractivity contribution in [1.82, 2.24) is 5.32 Å². The van der Waals surface area contributed by atoms with Crippen LogP contribution < -0.4 is 5.32 Å². The second-order valence-corrected chi connectivity index (χ2v) is 4.00. The third-order valence-corrected chi connectivity index (χ3v) is 3.27. The van der Waals surface area contributed by atoms with E-state index < -0.39 is 0 Å². The molecular weight excluding hydrogens is 110 g/mol. The predicted octanol–water partition coefficient (Wildman–Crippen LogP) is 1.39. The molecule has 2 aliphatic heterocycles. The molecule has 0 aromatic rings. The second kappa shape index (κ2) is 1.51. The van der Waals surface area contributed by atoms with Gasteiger partial charge in [-0.2, -0.15) is 0 Å². The minimum atomic E-state index is 0.727. The number of fused-ring (bicyclic) bond motifs is 1. The molecule has 1 aliphatic carbocycles. The number of hydrogen-bond donors (Lipinski definition) is 1. The van der Waals surface area contributed by atoms with Crippen molar-refractivity contribution >= 4 is 0 Å². The van der Waals surface area contributed by atoms with Crippen LogP contribution >= 0.6 is 0 Å². The molecule has 1 saturated carbocycles. The van der Waals surface area contributed by atoms with E-state index in [1.54, 1.807) is 0 Å². The van der Waals surface area contributed by atoms with E-state index in [9.17, 15) is 0 Å². The normalized spacial score (nSPS) is 47.7. The van der Waals surface area contributed by atoms with Crippen LogP contribution in [0.2, 0.25) is 0 Å². The lowest BCUT2D eigenvalue weighted by atomic mass is 9.63. The average molecular weight is 125 g/mol. The maximum atomic E-state index is 3.52. The van der Waals surface area contributed by atoms with Crippen LogP contribution in [0.25, 0.3) is 0 Å². The quantitative estimate of drug-likeness (QED) is 0.558. The van der Waals surface area contributed by atoms with Gasteiger partial charge in [0.2, 0.25) is 0 Å². The van der Waals surface area contributed by atoms with Gasteiger partial charge in [-0.15, -0.1) is 0 Å². The number of nitrogens with one attached hydrogen (secondary N) is 1. The molecule has 0 amide bonds. The van der Waals surface area contributed by atoms with Crippen molar-refractivity contribution in [3.63, 3.8) is 0 Å².